The highest BCUT2D eigenvalue weighted by Crippen LogP contribution is 2.25. The summed E-state index contributed by atoms with van der Waals surface area (Å²) in [5, 5.41) is 0.603. The summed E-state index contributed by atoms with van der Waals surface area (Å²) in [5.41, 5.74) is 2.50. The van der Waals surface area contributed by atoms with E-state index in [0.29, 0.717) is 16.9 Å². The SMILES string of the molecule is CSc1ccc(Oc2cc(NN)nc(SC)n2)cc1. The summed E-state index contributed by atoms with van der Waals surface area (Å²) in [6.07, 6.45) is 3.93. The van der Waals surface area contributed by atoms with Crippen LogP contribution in [0.2, 0.25) is 0 Å². The number of hydrogen-bond donors (Lipinski definition) is 2. The van der Waals surface area contributed by atoms with Gasteiger partial charge in [0.2, 0.25) is 5.88 Å². The predicted molar refractivity (Wildman–Crippen MR) is 79.9 cm³/mol. The summed E-state index contributed by atoms with van der Waals surface area (Å²) in [5.74, 6) is 7.08. The van der Waals surface area contributed by atoms with Gasteiger partial charge in [-0.25, -0.2) is 10.8 Å². The van der Waals surface area contributed by atoms with Crippen molar-refractivity contribution in [3.8, 4) is 11.6 Å². The van der Waals surface area contributed by atoms with Crippen molar-refractivity contribution in [3.63, 3.8) is 0 Å². The van der Waals surface area contributed by atoms with Crippen LogP contribution in [0.1, 0.15) is 0 Å². The highest BCUT2D eigenvalue weighted by Gasteiger charge is 2.05. The number of nitrogens with two attached hydrogens (primary N) is 1. The Labute approximate surface area is 120 Å². The Bertz CT molecular complexity index is 526. The normalized spacial score (nSPS) is 10.3. The molecule has 0 aliphatic carbocycles. The van der Waals surface area contributed by atoms with Gasteiger partial charge < -0.3 is 10.2 Å². The Morgan fingerprint density at radius 1 is 1.11 bits per heavy atom. The lowest BCUT2D eigenvalue weighted by atomic mass is 10.3. The molecule has 0 spiro atoms. The fourth-order valence-corrected chi connectivity index (χ4v) is 2.16. The molecule has 2 rings (SSSR count). The van der Waals surface area contributed by atoms with E-state index >= 15 is 0 Å². The summed E-state index contributed by atoms with van der Waals surface area (Å²) in [7, 11) is 0. The Hall–Kier alpha value is -1.44. The van der Waals surface area contributed by atoms with Gasteiger partial charge in [-0.15, -0.1) is 11.8 Å². The Morgan fingerprint density at radius 3 is 2.42 bits per heavy atom. The number of aromatic nitrogens is 2. The largest absolute Gasteiger partial charge is 0.439 e. The van der Waals surface area contributed by atoms with E-state index in [4.69, 9.17) is 10.6 Å². The average Bonchev–Trinajstić information content (AvgIpc) is 2.47. The second-order valence-corrected chi connectivity index (χ2v) is 5.15. The van der Waals surface area contributed by atoms with E-state index in [1.165, 1.54) is 16.7 Å². The Morgan fingerprint density at radius 2 is 1.84 bits per heavy atom. The van der Waals surface area contributed by atoms with E-state index in [-0.39, 0.29) is 0 Å². The Balaban J connectivity index is 2.21. The number of hydrazine groups is 1. The van der Waals surface area contributed by atoms with Crippen molar-refractivity contribution in [1.82, 2.24) is 9.97 Å². The second-order valence-electron chi connectivity index (χ2n) is 3.50. The maximum atomic E-state index is 5.69. The second kappa shape index (κ2) is 6.65. The summed E-state index contributed by atoms with van der Waals surface area (Å²) in [6, 6.07) is 9.46. The topological polar surface area (TPSA) is 73.1 Å². The first-order chi connectivity index (χ1) is 9.25. The van der Waals surface area contributed by atoms with E-state index in [1.807, 2.05) is 36.8 Å². The molecule has 5 nitrogen and oxygen atoms in total. The lowest BCUT2D eigenvalue weighted by Gasteiger charge is -2.08. The van der Waals surface area contributed by atoms with Crippen LogP contribution in [0, 0.1) is 0 Å². The third-order valence-corrected chi connectivity index (χ3v) is 3.59. The number of thioether (sulfide) groups is 2. The van der Waals surface area contributed by atoms with Gasteiger partial charge in [0.25, 0.3) is 0 Å². The molecule has 1 heterocycles. The fraction of sp³-hybridized carbons (Fsp3) is 0.167. The molecule has 100 valence electrons. The zero-order valence-corrected chi connectivity index (χ0v) is 12.2. The molecule has 0 unspecified atom stereocenters. The van der Waals surface area contributed by atoms with E-state index in [1.54, 1.807) is 17.8 Å². The fourth-order valence-electron chi connectivity index (χ4n) is 1.39. The molecule has 0 aliphatic heterocycles. The molecule has 0 bridgehead atoms. The first-order valence-corrected chi connectivity index (χ1v) is 7.91. The smallest absolute Gasteiger partial charge is 0.225 e. The van der Waals surface area contributed by atoms with Gasteiger partial charge >= 0.3 is 0 Å². The van der Waals surface area contributed by atoms with Crippen LogP contribution in [0.5, 0.6) is 11.6 Å². The van der Waals surface area contributed by atoms with Crippen LogP contribution in [0.25, 0.3) is 0 Å². The van der Waals surface area contributed by atoms with Crippen LogP contribution in [-0.4, -0.2) is 22.5 Å². The molecule has 7 heteroatoms. The number of rotatable bonds is 5. The number of ether oxygens (including phenoxy) is 1. The number of benzene rings is 1. The highest BCUT2D eigenvalue weighted by molar-refractivity contribution is 7.98. The summed E-state index contributed by atoms with van der Waals surface area (Å²) in [4.78, 5) is 9.62. The van der Waals surface area contributed by atoms with Crippen LogP contribution >= 0.6 is 23.5 Å². The van der Waals surface area contributed by atoms with Gasteiger partial charge in [-0.05, 0) is 36.8 Å². The third kappa shape index (κ3) is 3.76. The standard InChI is InChI=1S/C12H14N4OS2/c1-18-9-5-3-8(4-6-9)17-11-7-10(16-13)14-12(15-11)19-2/h3-7H,13H2,1-2H3,(H,14,15,16). The van der Waals surface area contributed by atoms with E-state index in [9.17, 15) is 0 Å². The number of anilines is 1. The summed E-state index contributed by atoms with van der Waals surface area (Å²) >= 11 is 3.11. The van der Waals surface area contributed by atoms with Gasteiger partial charge in [-0.1, -0.05) is 11.8 Å². The summed E-state index contributed by atoms with van der Waals surface area (Å²) in [6.45, 7) is 0. The van der Waals surface area contributed by atoms with Crippen molar-refractivity contribution in [2.45, 2.75) is 10.1 Å². The molecule has 19 heavy (non-hydrogen) atoms. The molecule has 1 aromatic carbocycles. The molecule has 0 saturated carbocycles. The maximum Gasteiger partial charge on any atom is 0.225 e. The lowest BCUT2D eigenvalue weighted by Crippen LogP contribution is -2.09. The van der Waals surface area contributed by atoms with Crippen LogP contribution < -0.4 is 16.0 Å². The number of nitrogens with one attached hydrogen (secondary N) is 1. The first kappa shape index (κ1) is 14.0. The first-order valence-electron chi connectivity index (χ1n) is 5.46. The molecule has 0 saturated heterocycles. The van der Waals surface area contributed by atoms with Crippen LogP contribution in [-0.2, 0) is 0 Å². The lowest BCUT2D eigenvalue weighted by molar-refractivity contribution is 0.455. The van der Waals surface area contributed by atoms with Crippen molar-refractivity contribution in [2.24, 2.45) is 5.84 Å². The van der Waals surface area contributed by atoms with E-state index in [0.717, 1.165) is 5.75 Å². The van der Waals surface area contributed by atoms with Gasteiger partial charge in [0, 0.05) is 11.0 Å². The van der Waals surface area contributed by atoms with Gasteiger partial charge in [-0.3, -0.25) is 0 Å². The van der Waals surface area contributed by atoms with Gasteiger partial charge in [0.1, 0.15) is 11.6 Å². The van der Waals surface area contributed by atoms with Crippen molar-refractivity contribution >= 4 is 29.3 Å². The average molecular weight is 294 g/mol. The molecular formula is C12H14N4OS2. The highest BCUT2D eigenvalue weighted by atomic mass is 32.2. The van der Waals surface area contributed by atoms with Crippen molar-refractivity contribution in [3.05, 3.63) is 30.3 Å². The molecule has 2 aromatic rings. The molecule has 3 N–H and O–H groups in total. The molecule has 0 fully saturated rings. The van der Waals surface area contributed by atoms with Gasteiger partial charge in [-0.2, -0.15) is 4.98 Å². The van der Waals surface area contributed by atoms with E-state index < -0.39 is 0 Å². The van der Waals surface area contributed by atoms with Crippen LogP contribution in [0.4, 0.5) is 5.82 Å². The molecule has 0 atom stereocenters. The van der Waals surface area contributed by atoms with Crippen LogP contribution in [0.15, 0.2) is 40.4 Å². The monoisotopic (exact) mass is 294 g/mol. The minimum Gasteiger partial charge on any atom is -0.439 e. The Kier molecular flexibility index (Phi) is 4.89. The maximum absolute atomic E-state index is 5.69. The van der Waals surface area contributed by atoms with Crippen molar-refractivity contribution in [1.29, 1.82) is 0 Å². The molecule has 0 aliphatic rings. The minimum absolute atomic E-state index is 0.462. The zero-order chi connectivity index (χ0) is 13.7. The minimum atomic E-state index is 0.462. The zero-order valence-electron chi connectivity index (χ0n) is 10.6. The van der Waals surface area contributed by atoms with Gasteiger partial charge in [0.05, 0.1) is 0 Å². The molecular weight excluding hydrogens is 280 g/mol. The number of nitrogen functional groups attached to an aromatic ring is 1. The van der Waals surface area contributed by atoms with Crippen LogP contribution in [0.3, 0.4) is 0 Å². The molecule has 0 radical (unpaired) electrons. The van der Waals surface area contributed by atoms with Crippen molar-refractivity contribution in [2.75, 3.05) is 17.9 Å². The quantitative estimate of drug-likeness (QED) is 0.380. The van der Waals surface area contributed by atoms with Gasteiger partial charge in [0.15, 0.2) is 5.16 Å². The van der Waals surface area contributed by atoms with E-state index in [2.05, 4.69) is 15.4 Å². The third-order valence-electron chi connectivity index (χ3n) is 2.29. The summed E-state index contributed by atoms with van der Waals surface area (Å²) < 4.78 is 5.69. The number of nitrogens with zero attached hydrogens (tertiary/aromatic N) is 2. The molecule has 1 aromatic heterocycles. The molecule has 0 amide bonds. The van der Waals surface area contributed by atoms with Crippen molar-refractivity contribution < 1.29 is 4.74 Å². The predicted octanol–water partition coefficient (Wildman–Crippen LogP) is 3.00. The number of hydrogen-bond acceptors (Lipinski definition) is 7.